The van der Waals surface area contributed by atoms with Crippen LogP contribution in [0.4, 0.5) is 5.82 Å². The van der Waals surface area contributed by atoms with Gasteiger partial charge in [0.2, 0.25) is 5.60 Å². The van der Waals surface area contributed by atoms with E-state index in [9.17, 15) is 24.8 Å². The van der Waals surface area contributed by atoms with Gasteiger partial charge in [-0.3, -0.25) is 9.32 Å². The van der Waals surface area contributed by atoms with E-state index >= 15 is 0 Å². The molecule has 14 nitrogen and oxygen atoms in total. The zero-order valence-corrected chi connectivity index (χ0v) is 34.3. The van der Waals surface area contributed by atoms with E-state index in [1.54, 1.807) is 30.3 Å². The molecule has 3 heterocycles. The normalized spacial score (nSPS) is 21.1. The summed E-state index contributed by atoms with van der Waals surface area (Å²) in [5.74, 6) is -0.300. The summed E-state index contributed by atoms with van der Waals surface area (Å²) < 4.78 is 39.2. The highest BCUT2D eigenvalue weighted by atomic mass is 31.2. The van der Waals surface area contributed by atoms with Gasteiger partial charge < -0.3 is 29.9 Å². The highest BCUT2D eigenvalue weighted by Crippen LogP contribution is 2.48. The maximum Gasteiger partial charge on any atom is 0.459 e. The Bertz CT molecular complexity index is 2080. The number of benzene rings is 2. The number of hydrogen-bond donors (Lipinski definition) is 4. The van der Waals surface area contributed by atoms with Gasteiger partial charge in [-0.05, 0) is 69.0 Å². The van der Waals surface area contributed by atoms with Gasteiger partial charge in [0, 0.05) is 5.39 Å². The Morgan fingerprint density at radius 2 is 1.72 bits per heavy atom. The highest BCUT2D eigenvalue weighted by Gasteiger charge is 2.58. The number of esters is 1. The van der Waals surface area contributed by atoms with Crippen molar-refractivity contribution < 1.29 is 38.1 Å². The van der Waals surface area contributed by atoms with Crippen molar-refractivity contribution in [2.75, 3.05) is 18.9 Å². The van der Waals surface area contributed by atoms with Crippen LogP contribution in [0.15, 0.2) is 85.2 Å². The topological polar surface area (TPSA) is 204 Å². The number of aromatic nitrogens is 3. The van der Waals surface area contributed by atoms with Gasteiger partial charge in [0.1, 0.15) is 48.0 Å². The molecule has 2 aromatic carbocycles. The lowest BCUT2D eigenvalue weighted by Gasteiger charge is -2.26. The third kappa shape index (κ3) is 11.5. The van der Waals surface area contributed by atoms with E-state index < -0.39 is 50.3 Å². The smallest absolute Gasteiger partial charge is 0.459 e. The third-order valence-electron chi connectivity index (χ3n) is 10.2. The number of ether oxygens (including phenoxy) is 2. The van der Waals surface area contributed by atoms with E-state index in [1.165, 1.54) is 49.5 Å². The van der Waals surface area contributed by atoms with Gasteiger partial charge in [-0.1, -0.05) is 106 Å². The molecule has 6 atom stereocenters. The fraction of sp³-hybridized carbons (Fsp3) is 0.488. The Kier molecular flexibility index (Phi) is 16.8. The predicted molar refractivity (Wildman–Crippen MR) is 223 cm³/mol. The Morgan fingerprint density at radius 3 is 2.48 bits per heavy atom. The van der Waals surface area contributed by atoms with Gasteiger partial charge in [-0.15, -0.1) is 0 Å². The largest absolute Gasteiger partial charge is 0.465 e. The average molecular weight is 817 g/mol. The zero-order valence-electron chi connectivity index (χ0n) is 33.4. The number of carbonyl (C=O) groups excluding carboxylic acids is 1. The van der Waals surface area contributed by atoms with Gasteiger partial charge >= 0.3 is 13.7 Å². The first kappa shape index (κ1) is 44.5. The van der Waals surface area contributed by atoms with Crippen molar-refractivity contribution in [1.29, 1.82) is 5.26 Å². The Labute approximate surface area is 340 Å². The molecule has 1 unspecified atom stereocenters. The van der Waals surface area contributed by atoms with Gasteiger partial charge in [0.15, 0.2) is 5.82 Å². The van der Waals surface area contributed by atoms with Crippen LogP contribution in [0.1, 0.15) is 96.6 Å². The number of nitriles is 1. The van der Waals surface area contributed by atoms with Crippen LogP contribution in [-0.4, -0.2) is 68.3 Å². The van der Waals surface area contributed by atoms with E-state index in [-0.39, 0.29) is 23.9 Å². The summed E-state index contributed by atoms with van der Waals surface area (Å²) >= 11 is 0. The lowest BCUT2D eigenvalue weighted by atomic mass is 9.92. The predicted octanol–water partition coefficient (Wildman–Crippen LogP) is 7.84. The minimum absolute atomic E-state index is 0.0950. The Hall–Kier alpha value is -4.61. The van der Waals surface area contributed by atoms with Crippen LogP contribution in [0.2, 0.25) is 0 Å². The number of hydrogen-bond acceptors (Lipinski definition) is 12. The number of carbonyl (C=O) groups is 1. The van der Waals surface area contributed by atoms with Crippen molar-refractivity contribution in [2.45, 2.75) is 121 Å². The molecule has 0 spiro atoms. The highest BCUT2D eigenvalue weighted by molar-refractivity contribution is 7.52. The molecule has 0 radical (unpaired) electrons. The Balaban J connectivity index is 1.14. The summed E-state index contributed by atoms with van der Waals surface area (Å²) in [7, 11) is -4.44. The standard InChI is InChI=1S/C43H57N6O8P/c1-3-4-5-6-7-8-9-10-11-12-13-14-15-16-17-20-28-54-42(52)32(2)48-58(53,57-36-25-21-23-33-22-18-19-24-34(33)36)55-29-37-39(50)40(51)43(30-44,56-37)38-27-26-35-41(45)46-31-47-49(35)38/h7-8,10-11,18-19,21-27,31-32,37,39-40,50-51H,3-6,9,12-17,20,28-29H2,1-2H3,(H,48,53)(H2,45,46,47)/b8-7-,11-10-/t32-,37+,39+,40+,43-,58?/m0/s1. The zero-order chi connectivity index (χ0) is 41.4. The minimum atomic E-state index is -4.44. The van der Waals surface area contributed by atoms with Gasteiger partial charge in [-0.25, -0.2) is 14.1 Å². The molecule has 2 aromatic heterocycles. The number of rotatable bonds is 24. The molecule has 5 rings (SSSR count). The molecule has 0 bridgehead atoms. The first-order chi connectivity index (χ1) is 28.1. The molecule has 1 saturated heterocycles. The summed E-state index contributed by atoms with van der Waals surface area (Å²) in [6.07, 6.45) is 18.5. The SMILES string of the molecule is CCCCC/C=C\C/C=C\CCCCCCCCOC(=O)[C@H](C)NP(=O)(OC[C@H]1O[C@@](C#N)(c2ccc3c(N)ncnn23)[C@H](O)[C@@H]1O)Oc1cccc2ccccc12. The van der Waals surface area contributed by atoms with Crippen molar-refractivity contribution in [3.05, 3.63) is 90.9 Å². The van der Waals surface area contributed by atoms with E-state index in [0.717, 1.165) is 50.3 Å². The molecule has 58 heavy (non-hydrogen) atoms. The van der Waals surface area contributed by atoms with Gasteiger partial charge in [0.25, 0.3) is 0 Å². The molecule has 1 aliphatic rings. The number of allylic oxidation sites excluding steroid dienone is 4. The Morgan fingerprint density at radius 1 is 1.02 bits per heavy atom. The number of nitrogens with zero attached hydrogens (tertiary/aromatic N) is 4. The number of fused-ring (bicyclic) bond motifs is 2. The van der Waals surface area contributed by atoms with Crippen molar-refractivity contribution in [3.63, 3.8) is 0 Å². The first-order valence-electron chi connectivity index (χ1n) is 20.3. The van der Waals surface area contributed by atoms with Crippen molar-refractivity contribution in [1.82, 2.24) is 19.7 Å². The van der Waals surface area contributed by atoms with Crippen molar-refractivity contribution in [3.8, 4) is 11.8 Å². The monoisotopic (exact) mass is 816 g/mol. The maximum absolute atomic E-state index is 14.5. The molecule has 15 heteroatoms. The van der Waals surface area contributed by atoms with Crippen molar-refractivity contribution >= 4 is 35.8 Å². The number of anilines is 1. The second-order valence-corrected chi connectivity index (χ2v) is 16.3. The van der Waals surface area contributed by atoms with E-state index in [4.69, 9.17) is 24.3 Å². The number of aliphatic hydroxyl groups is 2. The van der Waals surface area contributed by atoms with Crippen LogP contribution in [0.25, 0.3) is 16.3 Å². The molecular formula is C43H57N6O8P. The number of nitrogen functional groups attached to an aromatic ring is 1. The lowest BCUT2D eigenvalue weighted by molar-refractivity contribution is -0.145. The molecule has 312 valence electrons. The van der Waals surface area contributed by atoms with Crippen LogP contribution < -0.4 is 15.3 Å². The molecule has 5 N–H and O–H groups in total. The maximum atomic E-state index is 14.5. The number of unbranched alkanes of at least 4 members (excludes halogenated alkanes) is 9. The number of nitrogens with two attached hydrogens (primary N) is 1. The number of nitrogens with one attached hydrogen (secondary N) is 1. The lowest BCUT2D eigenvalue weighted by Crippen LogP contribution is -2.41. The summed E-state index contributed by atoms with van der Waals surface area (Å²) in [4.78, 5) is 17.1. The number of aliphatic hydroxyl groups excluding tert-OH is 2. The van der Waals surface area contributed by atoms with E-state index in [1.807, 2.05) is 24.3 Å². The summed E-state index contributed by atoms with van der Waals surface area (Å²) in [6, 6.07) is 16.4. The van der Waals surface area contributed by atoms with Crippen LogP contribution >= 0.6 is 7.75 Å². The first-order valence-corrected chi connectivity index (χ1v) is 21.9. The molecule has 0 saturated carbocycles. The fourth-order valence-electron chi connectivity index (χ4n) is 6.89. The van der Waals surface area contributed by atoms with Crippen LogP contribution in [0, 0.1) is 11.3 Å². The third-order valence-corrected chi connectivity index (χ3v) is 11.8. The molecule has 0 amide bonds. The summed E-state index contributed by atoms with van der Waals surface area (Å²) in [5.41, 5.74) is 4.32. The quantitative estimate of drug-likeness (QED) is 0.0231. The molecule has 4 aromatic rings. The molecule has 1 fully saturated rings. The second-order valence-electron chi connectivity index (χ2n) is 14.6. The molecule has 1 aliphatic heterocycles. The summed E-state index contributed by atoms with van der Waals surface area (Å²) in [5, 5.41) is 40.9. The molecule has 0 aliphatic carbocycles. The van der Waals surface area contributed by atoms with Crippen molar-refractivity contribution in [2.24, 2.45) is 0 Å². The minimum Gasteiger partial charge on any atom is -0.465 e. The van der Waals surface area contributed by atoms with E-state index in [0.29, 0.717) is 17.3 Å². The molecular weight excluding hydrogens is 759 g/mol. The van der Waals surface area contributed by atoms with Crippen LogP contribution in [-0.2, 0) is 29.0 Å². The van der Waals surface area contributed by atoms with Crippen LogP contribution in [0.5, 0.6) is 5.75 Å². The van der Waals surface area contributed by atoms with E-state index in [2.05, 4.69) is 46.4 Å². The average Bonchev–Trinajstić information content (AvgIpc) is 3.77. The van der Waals surface area contributed by atoms with Crippen LogP contribution in [0.3, 0.4) is 0 Å². The fourth-order valence-corrected chi connectivity index (χ4v) is 8.42. The van der Waals surface area contributed by atoms with Gasteiger partial charge in [0.05, 0.1) is 18.9 Å². The second kappa shape index (κ2) is 22.0. The summed E-state index contributed by atoms with van der Waals surface area (Å²) in [6.45, 7) is 3.31. The van der Waals surface area contributed by atoms with Gasteiger partial charge in [-0.2, -0.15) is 15.4 Å².